The number of urea groups is 1. The van der Waals surface area contributed by atoms with E-state index in [1.54, 1.807) is 45.9 Å². The lowest BCUT2D eigenvalue weighted by Crippen LogP contribution is -2.57. The molecule has 0 aliphatic rings. The van der Waals surface area contributed by atoms with E-state index in [2.05, 4.69) is 26.6 Å². The summed E-state index contributed by atoms with van der Waals surface area (Å²) in [4.78, 5) is 23.4. The molecule has 0 aliphatic heterocycles. The summed E-state index contributed by atoms with van der Waals surface area (Å²) in [6, 6.07) is 4.54. The quantitative estimate of drug-likeness (QED) is 0.738. The molecule has 0 saturated heterocycles. The molecule has 0 spiro atoms. The summed E-state index contributed by atoms with van der Waals surface area (Å²) in [5.74, 6) is -0.991. The van der Waals surface area contributed by atoms with Gasteiger partial charge in [-0.1, -0.05) is 27.5 Å². The Morgan fingerprint density at radius 3 is 2.29 bits per heavy atom. The molecule has 0 atom stereocenters. The maximum absolute atomic E-state index is 12.0. The van der Waals surface area contributed by atoms with E-state index in [1.807, 2.05) is 0 Å². The molecule has 2 amide bonds. The summed E-state index contributed by atoms with van der Waals surface area (Å²) in [5, 5.41) is 14.9. The van der Waals surface area contributed by atoms with Gasteiger partial charge in [0.05, 0.1) is 21.7 Å². The van der Waals surface area contributed by atoms with Crippen LogP contribution in [0.3, 0.4) is 0 Å². The van der Waals surface area contributed by atoms with Crippen molar-refractivity contribution < 1.29 is 14.7 Å². The lowest BCUT2D eigenvalue weighted by molar-refractivity contribution is -0.150. The van der Waals surface area contributed by atoms with E-state index in [-0.39, 0.29) is 0 Å². The zero-order valence-electron chi connectivity index (χ0n) is 12.3. The molecule has 0 saturated carbocycles. The minimum absolute atomic E-state index is 0.384. The molecule has 1 aromatic rings. The largest absolute Gasteiger partial charge is 0.481 e. The van der Waals surface area contributed by atoms with Crippen LogP contribution in [0.5, 0.6) is 0 Å². The molecule has 0 heterocycles. The van der Waals surface area contributed by atoms with E-state index in [0.717, 1.165) is 4.47 Å². The van der Waals surface area contributed by atoms with Gasteiger partial charge in [-0.25, -0.2) is 4.79 Å². The normalized spacial score (nSPS) is 11.9. The second-order valence-corrected chi connectivity index (χ2v) is 7.08. The van der Waals surface area contributed by atoms with Crippen LogP contribution in [-0.4, -0.2) is 22.6 Å². The second-order valence-electron chi connectivity index (χ2n) is 5.76. The third-order valence-corrected chi connectivity index (χ3v) is 4.51. The van der Waals surface area contributed by atoms with Gasteiger partial charge in [0, 0.05) is 4.47 Å². The highest BCUT2D eigenvalue weighted by Crippen LogP contribution is 2.31. The number of carbonyl (C=O) groups excluding carboxylic acids is 1. The first kappa shape index (κ1) is 17.8. The molecule has 0 aromatic heterocycles. The molecule has 5 nitrogen and oxygen atoms in total. The minimum Gasteiger partial charge on any atom is -0.481 e. The summed E-state index contributed by atoms with van der Waals surface area (Å²) in [5.41, 5.74) is -1.64. The fourth-order valence-electron chi connectivity index (χ4n) is 1.45. The fourth-order valence-corrected chi connectivity index (χ4v) is 2.17. The molecule has 1 aromatic carbocycles. The van der Waals surface area contributed by atoms with Gasteiger partial charge in [0.1, 0.15) is 0 Å². The highest BCUT2D eigenvalue weighted by Gasteiger charge is 2.44. The van der Waals surface area contributed by atoms with Crippen molar-refractivity contribution in [3.8, 4) is 0 Å². The van der Waals surface area contributed by atoms with E-state index in [4.69, 9.17) is 11.6 Å². The SMILES string of the molecule is CC(C)(NC(=O)Nc1ccc(Br)cc1Cl)C(C)(C)C(=O)O. The van der Waals surface area contributed by atoms with Crippen LogP contribution in [0.2, 0.25) is 5.02 Å². The minimum atomic E-state index is -1.13. The second kappa shape index (κ2) is 6.23. The number of amides is 2. The maximum atomic E-state index is 12.0. The number of anilines is 1. The van der Waals surface area contributed by atoms with Crippen LogP contribution in [0.25, 0.3) is 0 Å². The Hall–Kier alpha value is -1.27. The molecule has 0 aliphatic carbocycles. The lowest BCUT2D eigenvalue weighted by atomic mass is 9.74. The standard InChI is InChI=1S/C14H18BrClN2O3/c1-13(2,11(19)20)14(3,4)18-12(21)17-10-6-5-8(15)7-9(10)16/h5-7H,1-4H3,(H,19,20)(H2,17,18,21). The Labute approximate surface area is 137 Å². The van der Waals surface area contributed by atoms with E-state index in [9.17, 15) is 14.7 Å². The van der Waals surface area contributed by atoms with Gasteiger partial charge < -0.3 is 15.7 Å². The van der Waals surface area contributed by atoms with Crippen LogP contribution in [0.4, 0.5) is 10.5 Å². The van der Waals surface area contributed by atoms with Crippen LogP contribution in [0.1, 0.15) is 27.7 Å². The smallest absolute Gasteiger partial charge is 0.319 e. The summed E-state index contributed by atoms with van der Waals surface area (Å²) in [7, 11) is 0. The van der Waals surface area contributed by atoms with Crippen molar-refractivity contribution in [3.05, 3.63) is 27.7 Å². The first-order valence-corrected chi connectivity index (χ1v) is 7.42. The van der Waals surface area contributed by atoms with Gasteiger partial charge in [-0.15, -0.1) is 0 Å². The van der Waals surface area contributed by atoms with Crippen molar-refractivity contribution in [1.82, 2.24) is 5.32 Å². The predicted octanol–water partition coefficient (Wildman–Crippen LogP) is 4.11. The van der Waals surface area contributed by atoms with Gasteiger partial charge >= 0.3 is 12.0 Å². The van der Waals surface area contributed by atoms with E-state index in [1.165, 1.54) is 0 Å². The summed E-state index contributed by atoms with van der Waals surface area (Å²) >= 11 is 9.29. The van der Waals surface area contributed by atoms with Gasteiger partial charge in [-0.2, -0.15) is 0 Å². The van der Waals surface area contributed by atoms with Crippen molar-refractivity contribution in [1.29, 1.82) is 0 Å². The van der Waals surface area contributed by atoms with Crippen molar-refractivity contribution in [2.45, 2.75) is 33.2 Å². The van der Waals surface area contributed by atoms with Gasteiger partial charge in [0.15, 0.2) is 0 Å². The number of aliphatic carboxylic acids is 1. The third kappa shape index (κ3) is 4.11. The number of carboxylic acids is 1. The number of halogens is 2. The van der Waals surface area contributed by atoms with E-state index >= 15 is 0 Å². The molecule has 1 rings (SSSR count). The molecule has 0 bridgehead atoms. The Balaban J connectivity index is 2.84. The first-order chi connectivity index (χ1) is 9.47. The predicted molar refractivity (Wildman–Crippen MR) is 86.8 cm³/mol. The zero-order chi connectivity index (χ0) is 16.4. The summed E-state index contributed by atoms with van der Waals surface area (Å²) in [6.45, 7) is 6.43. The molecule has 0 fully saturated rings. The first-order valence-electron chi connectivity index (χ1n) is 6.25. The summed E-state index contributed by atoms with van der Waals surface area (Å²) in [6.07, 6.45) is 0. The lowest BCUT2D eigenvalue weighted by Gasteiger charge is -2.38. The third-order valence-electron chi connectivity index (χ3n) is 3.70. The molecule has 7 heteroatoms. The molecule has 0 unspecified atom stereocenters. The number of benzene rings is 1. The van der Waals surface area contributed by atoms with E-state index in [0.29, 0.717) is 10.7 Å². The van der Waals surface area contributed by atoms with Crippen molar-refractivity contribution in [2.24, 2.45) is 5.41 Å². The Bertz CT molecular complexity index is 573. The van der Waals surface area contributed by atoms with Gasteiger partial charge in [0.25, 0.3) is 0 Å². The Morgan fingerprint density at radius 2 is 1.81 bits per heavy atom. The van der Waals surface area contributed by atoms with Gasteiger partial charge in [-0.3, -0.25) is 4.79 Å². The average Bonchev–Trinajstić information content (AvgIpc) is 2.31. The Morgan fingerprint density at radius 1 is 1.24 bits per heavy atom. The molecular weight excluding hydrogens is 360 g/mol. The van der Waals surface area contributed by atoms with Crippen molar-refractivity contribution in [3.63, 3.8) is 0 Å². The van der Waals surface area contributed by atoms with Gasteiger partial charge in [0.2, 0.25) is 0 Å². The topological polar surface area (TPSA) is 78.4 Å². The molecule has 0 radical (unpaired) electrons. The number of nitrogens with one attached hydrogen (secondary N) is 2. The fraction of sp³-hybridized carbons (Fsp3) is 0.429. The average molecular weight is 378 g/mol. The van der Waals surface area contributed by atoms with Crippen molar-refractivity contribution in [2.75, 3.05) is 5.32 Å². The van der Waals surface area contributed by atoms with Crippen LogP contribution >= 0.6 is 27.5 Å². The zero-order valence-corrected chi connectivity index (χ0v) is 14.6. The number of rotatable bonds is 4. The van der Waals surface area contributed by atoms with E-state index < -0.39 is 23.0 Å². The Kier molecular flexibility index (Phi) is 5.28. The number of hydrogen-bond donors (Lipinski definition) is 3. The number of hydrogen-bond acceptors (Lipinski definition) is 2. The molecule has 21 heavy (non-hydrogen) atoms. The van der Waals surface area contributed by atoms with Crippen LogP contribution in [0.15, 0.2) is 22.7 Å². The van der Waals surface area contributed by atoms with Gasteiger partial charge in [-0.05, 0) is 45.9 Å². The maximum Gasteiger partial charge on any atom is 0.319 e. The number of carboxylic acid groups (broad SMARTS) is 1. The molecule has 116 valence electrons. The summed E-state index contributed by atoms with van der Waals surface area (Å²) < 4.78 is 0.797. The monoisotopic (exact) mass is 376 g/mol. The molecule has 3 N–H and O–H groups in total. The highest BCUT2D eigenvalue weighted by atomic mass is 79.9. The van der Waals surface area contributed by atoms with Crippen LogP contribution in [-0.2, 0) is 4.79 Å². The van der Waals surface area contributed by atoms with Crippen LogP contribution in [0, 0.1) is 5.41 Å². The van der Waals surface area contributed by atoms with Crippen LogP contribution < -0.4 is 10.6 Å². The molecular formula is C14H18BrClN2O3. The number of carbonyl (C=O) groups is 2. The highest BCUT2D eigenvalue weighted by molar-refractivity contribution is 9.10. The van der Waals surface area contributed by atoms with Crippen molar-refractivity contribution >= 4 is 45.2 Å².